The first-order valence-electron chi connectivity index (χ1n) is 7.95. The van der Waals surface area contributed by atoms with E-state index in [1.807, 2.05) is 58.0 Å². The zero-order valence-corrected chi connectivity index (χ0v) is 19.2. The lowest BCUT2D eigenvalue weighted by Gasteiger charge is -2.32. The van der Waals surface area contributed by atoms with E-state index in [4.69, 9.17) is 0 Å². The Morgan fingerprint density at radius 2 is 1.44 bits per heavy atom. The maximum Gasteiger partial charge on any atom is 0.256 e. The van der Waals surface area contributed by atoms with Gasteiger partial charge in [0.25, 0.3) is 5.91 Å². The van der Waals surface area contributed by atoms with E-state index < -0.39 is 0 Å². The van der Waals surface area contributed by atoms with E-state index in [9.17, 15) is 9.90 Å². The minimum atomic E-state index is -0.135. The molecule has 2 rings (SSSR count). The van der Waals surface area contributed by atoms with Crippen LogP contribution in [0, 0.1) is 0 Å². The lowest BCUT2D eigenvalue weighted by molar-refractivity contribution is 0.0641. The Balaban J connectivity index is 2.75. The molecule has 0 unspecified atom stereocenters. The number of rotatable bonds is 4. The van der Waals surface area contributed by atoms with Crippen molar-refractivity contribution in [1.29, 1.82) is 0 Å². The Bertz CT molecular complexity index is 781. The summed E-state index contributed by atoms with van der Waals surface area (Å²) >= 11 is 10.5. The smallest absolute Gasteiger partial charge is 0.256 e. The van der Waals surface area contributed by atoms with Crippen molar-refractivity contribution in [2.75, 3.05) is 0 Å². The zero-order valence-electron chi connectivity index (χ0n) is 14.5. The fraction of sp³-hybridized carbons (Fsp3) is 0.316. The van der Waals surface area contributed by atoms with Crippen molar-refractivity contribution in [3.05, 3.63) is 49.3 Å². The molecule has 0 saturated heterocycles. The number of carbonyl (C=O) groups excluding carboxylic acids is 1. The highest BCUT2D eigenvalue weighted by Gasteiger charge is 2.30. The molecule has 134 valence electrons. The first kappa shape index (κ1) is 20.5. The van der Waals surface area contributed by atoms with Gasteiger partial charge in [0.1, 0.15) is 5.75 Å². The summed E-state index contributed by atoms with van der Waals surface area (Å²) in [7, 11) is 0. The summed E-state index contributed by atoms with van der Waals surface area (Å²) < 4.78 is 1.56. The van der Waals surface area contributed by atoms with Gasteiger partial charge in [0.05, 0.1) is 14.5 Å². The number of carbonyl (C=O) groups is 1. The lowest BCUT2D eigenvalue weighted by atomic mass is 10.0. The number of hydrogen-bond acceptors (Lipinski definition) is 2. The Labute approximate surface area is 173 Å². The SMILES string of the molecule is CC(C)N(C(=O)c1c(Br)c(O)c(Br)c(-c2ccccc2)c1Br)C(C)C. The molecular weight excluding hydrogens is 514 g/mol. The summed E-state index contributed by atoms with van der Waals surface area (Å²) in [6.45, 7) is 7.93. The predicted octanol–water partition coefficient (Wildman–Crippen LogP) is 6.61. The second-order valence-corrected chi connectivity index (χ2v) is 8.69. The fourth-order valence-corrected chi connectivity index (χ4v) is 5.68. The molecular formula is C19H20Br3NO2. The van der Waals surface area contributed by atoms with E-state index in [1.165, 1.54) is 0 Å². The first-order valence-corrected chi connectivity index (χ1v) is 10.3. The number of halogens is 3. The molecule has 0 atom stereocenters. The van der Waals surface area contributed by atoms with E-state index in [0.29, 0.717) is 19.0 Å². The van der Waals surface area contributed by atoms with Gasteiger partial charge < -0.3 is 10.0 Å². The first-order chi connectivity index (χ1) is 11.7. The van der Waals surface area contributed by atoms with E-state index in [-0.39, 0.29) is 23.7 Å². The van der Waals surface area contributed by atoms with E-state index in [0.717, 1.165) is 11.1 Å². The van der Waals surface area contributed by atoms with Crippen molar-refractivity contribution >= 4 is 53.7 Å². The van der Waals surface area contributed by atoms with Crippen LogP contribution in [0.3, 0.4) is 0 Å². The molecule has 3 nitrogen and oxygen atoms in total. The molecule has 25 heavy (non-hydrogen) atoms. The van der Waals surface area contributed by atoms with Gasteiger partial charge in [-0.1, -0.05) is 30.3 Å². The van der Waals surface area contributed by atoms with Gasteiger partial charge in [0.2, 0.25) is 0 Å². The zero-order chi connectivity index (χ0) is 18.9. The molecule has 1 N–H and O–H groups in total. The van der Waals surface area contributed by atoms with Crippen LogP contribution in [-0.2, 0) is 0 Å². The Morgan fingerprint density at radius 3 is 1.92 bits per heavy atom. The van der Waals surface area contributed by atoms with Gasteiger partial charge >= 0.3 is 0 Å². The predicted molar refractivity (Wildman–Crippen MR) is 113 cm³/mol. The monoisotopic (exact) mass is 531 g/mol. The third kappa shape index (κ3) is 3.96. The molecule has 0 spiro atoms. The van der Waals surface area contributed by atoms with Crippen LogP contribution in [0.1, 0.15) is 38.1 Å². The van der Waals surface area contributed by atoms with Crippen LogP contribution in [-0.4, -0.2) is 28.0 Å². The second-order valence-electron chi connectivity index (χ2n) is 6.31. The molecule has 0 heterocycles. The van der Waals surface area contributed by atoms with Crippen LogP contribution >= 0.6 is 47.8 Å². The average molecular weight is 534 g/mol. The van der Waals surface area contributed by atoms with E-state index in [2.05, 4.69) is 47.8 Å². The quantitative estimate of drug-likeness (QED) is 0.480. The van der Waals surface area contributed by atoms with Gasteiger partial charge in [-0.2, -0.15) is 0 Å². The topological polar surface area (TPSA) is 40.5 Å². The van der Waals surface area contributed by atoms with Crippen molar-refractivity contribution in [3.8, 4) is 16.9 Å². The molecule has 0 aliphatic carbocycles. The van der Waals surface area contributed by atoms with Crippen LogP contribution in [0.15, 0.2) is 43.7 Å². The van der Waals surface area contributed by atoms with Crippen LogP contribution < -0.4 is 0 Å². The number of hydrogen-bond donors (Lipinski definition) is 1. The van der Waals surface area contributed by atoms with Gasteiger partial charge in [-0.05, 0) is 81.0 Å². The van der Waals surface area contributed by atoms with Crippen molar-refractivity contribution in [3.63, 3.8) is 0 Å². The Hall–Kier alpha value is -0.850. The third-order valence-corrected chi connectivity index (χ3v) is 6.25. The summed E-state index contributed by atoms with van der Waals surface area (Å²) in [5.41, 5.74) is 2.07. The van der Waals surface area contributed by atoms with Crippen LogP contribution in [0.5, 0.6) is 5.75 Å². The molecule has 2 aromatic rings. The molecule has 0 aliphatic heterocycles. The highest BCUT2D eigenvalue weighted by atomic mass is 79.9. The van der Waals surface area contributed by atoms with Crippen LogP contribution in [0.2, 0.25) is 0 Å². The highest BCUT2D eigenvalue weighted by molar-refractivity contribution is 9.11. The molecule has 0 radical (unpaired) electrons. The van der Waals surface area contributed by atoms with Gasteiger partial charge in [-0.15, -0.1) is 0 Å². The molecule has 0 aromatic heterocycles. The molecule has 2 aromatic carbocycles. The van der Waals surface area contributed by atoms with E-state index in [1.54, 1.807) is 4.90 Å². The summed E-state index contributed by atoms with van der Waals surface area (Å²) in [4.78, 5) is 15.1. The summed E-state index contributed by atoms with van der Waals surface area (Å²) in [5, 5.41) is 10.6. The number of aromatic hydroxyl groups is 1. The number of benzene rings is 2. The maximum atomic E-state index is 13.3. The number of phenolic OH excluding ortho intramolecular Hbond substituents is 1. The minimum Gasteiger partial charge on any atom is -0.506 e. The third-order valence-electron chi connectivity index (χ3n) is 3.92. The normalized spacial score (nSPS) is 11.2. The van der Waals surface area contributed by atoms with Gasteiger partial charge in [-0.25, -0.2) is 0 Å². The van der Waals surface area contributed by atoms with Gasteiger partial charge in [0, 0.05) is 22.1 Å². The van der Waals surface area contributed by atoms with Crippen molar-refractivity contribution in [2.45, 2.75) is 39.8 Å². The Morgan fingerprint density at radius 1 is 0.920 bits per heavy atom. The average Bonchev–Trinajstić information content (AvgIpc) is 2.53. The fourth-order valence-electron chi connectivity index (χ4n) is 2.89. The maximum absolute atomic E-state index is 13.3. The van der Waals surface area contributed by atoms with Crippen molar-refractivity contribution in [1.82, 2.24) is 4.90 Å². The number of amides is 1. The van der Waals surface area contributed by atoms with Crippen LogP contribution in [0.4, 0.5) is 0 Å². The number of phenols is 1. The second kappa shape index (κ2) is 8.23. The lowest BCUT2D eigenvalue weighted by Crippen LogP contribution is -2.42. The molecule has 0 bridgehead atoms. The van der Waals surface area contributed by atoms with Crippen LogP contribution in [0.25, 0.3) is 11.1 Å². The van der Waals surface area contributed by atoms with Crippen molar-refractivity contribution in [2.24, 2.45) is 0 Å². The molecule has 0 fully saturated rings. The molecule has 1 amide bonds. The molecule has 6 heteroatoms. The minimum absolute atomic E-state index is 0.0119. The van der Waals surface area contributed by atoms with E-state index >= 15 is 0 Å². The summed E-state index contributed by atoms with van der Waals surface area (Å²) in [5.74, 6) is -0.124. The summed E-state index contributed by atoms with van der Waals surface area (Å²) in [6, 6.07) is 9.72. The molecule has 0 saturated carbocycles. The summed E-state index contributed by atoms with van der Waals surface area (Å²) in [6.07, 6.45) is 0. The largest absolute Gasteiger partial charge is 0.506 e. The van der Waals surface area contributed by atoms with Gasteiger partial charge in [0.15, 0.2) is 0 Å². The standard InChI is InChI=1S/C19H20Br3NO2/c1-10(2)23(11(3)4)19(25)14-15(20)13(12-8-6-5-7-9-12)16(21)18(24)17(14)22/h5-11,24H,1-4H3. The molecule has 0 aliphatic rings. The Kier molecular flexibility index (Phi) is 6.74. The van der Waals surface area contributed by atoms with Crippen molar-refractivity contribution < 1.29 is 9.90 Å². The number of nitrogens with zero attached hydrogens (tertiary/aromatic N) is 1. The van der Waals surface area contributed by atoms with Gasteiger partial charge in [-0.3, -0.25) is 4.79 Å². The highest BCUT2D eigenvalue weighted by Crippen LogP contribution is 2.48.